The first-order valence-corrected chi connectivity index (χ1v) is 9.77. The molecule has 5 heteroatoms. The molecule has 0 radical (unpaired) electrons. The van der Waals surface area contributed by atoms with Crippen LogP contribution in [0.5, 0.6) is 0 Å². The van der Waals surface area contributed by atoms with Gasteiger partial charge in [0.2, 0.25) is 5.91 Å². The molecule has 142 valence electrons. The second-order valence-corrected chi connectivity index (χ2v) is 8.03. The van der Waals surface area contributed by atoms with E-state index in [1.54, 1.807) is 0 Å². The van der Waals surface area contributed by atoms with E-state index in [-0.39, 0.29) is 35.6 Å². The summed E-state index contributed by atoms with van der Waals surface area (Å²) in [4.78, 5) is 25.0. The van der Waals surface area contributed by atoms with Crippen LogP contribution in [-0.2, 0) is 16.1 Å². The molecule has 3 saturated carbocycles. The molecule has 3 fully saturated rings. The summed E-state index contributed by atoms with van der Waals surface area (Å²) in [6.07, 6.45) is 5.66. The summed E-state index contributed by atoms with van der Waals surface area (Å²) in [7, 11) is 0. The van der Waals surface area contributed by atoms with E-state index in [9.17, 15) is 9.59 Å². The van der Waals surface area contributed by atoms with Gasteiger partial charge in [0, 0.05) is 17.0 Å². The van der Waals surface area contributed by atoms with Gasteiger partial charge in [-0.05, 0) is 57.4 Å². The molecule has 0 heterocycles. The number of carbonyl (C=O) groups excluding carboxylic acids is 2. The molecule has 1 aromatic carbocycles. The number of amides is 2. The average Bonchev–Trinajstić information content (AvgIpc) is 2.68. The highest BCUT2D eigenvalue weighted by atomic mass is 16.5. The molecule has 2 amide bonds. The monoisotopic (exact) mass is 358 g/mol. The van der Waals surface area contributed by atoms with Gasteiger partial charge in [-0.15, -0.1) is 0 Å². The fourth-order valence-electron chi connectivity index (χ4n) is 4.17. The van der Waals surface area contributed by atoms with Crippen molar-refractivity contribution in [3.05, 3.63) is 35.9 Å². The molecule has 0 aliphatic heterocycles. The van der Waals surface area contributed by atoms with Crippen LogP contribution in [0.2, 0.25) is 0 Å². The molecule has 0 saturated heterocycles. The molecule has 1 atom stereocenters. The normalized spacial score (nSPS) is 28.2. The van der Waals surface area contributed by atoms with Crippen LogP contribution in [0.25, 0.3) is 0 Å². The SMILES string of the molecule is CCC(C)NC(=O)C12CCC(NC(=O)OCc3ccccc3)(CC1)CC2. The van der Waals surface area contributed by atoms with Crippen molar-refractivity contribution >= 4 is 12.0 Å². The van der Waals surface area contributed by atoms with Crippen molar-refractivity contribution in [1.29, 1.82) is 0 Å². The molecule has 2 bridgehead atoms. The Labute approximate surface area is 155 Å². The van der Waals surface area contributed by atoms with Gasteiger partial charge in [0.05, 0.1) is 0 Å². The smallest absolute Gasteiger partial charge is 0.407 e. The molecular formula is C21H30N2O3. The fourth-order valence-corrected chi connectivity index (χ4v) is 4.17. The standard InChI is InChI=1S/C21H30N2O3/c1-3-16(2)22-18(24)20-9-12-21(13-10-20,14-11-20)23-19(25)26-15-17-7-5-4-6-8-17/h4-8,16H,3,9-15H2,1-2H3,(H,22,24)(H,23,25). The number of benzene rings is 1. The molecule has 1 aromatic rings. The van der Waals surface area contributed by atoms with Gasteiger partial charge < -0.3 is 15.4 Å². The van der Waals surface area contributed by atoms with Crippen molar-refractivity contribution in [2.75, 3.05) is 0 Å². The Kier molecular flexibility index (Phi) is 5.54. The molecule has 3 aliphatic carbocycles. The Hall–Kier alpha value is -2.04. The predicted molar refractivity (Wildman–Crippen MR) is 101 cm³/mol. The maximum Gasteiger partial charge on any atom is 0.407 e. The van der Waals surface area contributed by atoms with Gasteiger partial charge in [0.1, 0.15) is 6.61 Å². The maximum absolute atomic E-state index is 12.7. The first-order valence-electron chi connectivity index (χ1n) is 9.77. The van der Waals surface area contributed by atoms with Crippen molar-refractivity contribution < 1.29 is 14.3 Å². The second-order valence-electron chi connectivity index (χ2n) is 8.03. The Morgan fingerprint density at radius 1 is 1.08 bits per heavy atom. The summed E-state index contributed by atoms with van der Waals surface area (Å²) < 4.78 is 5.39. The van der Waals surface area contributed by atoms with E-state index in [4.69, 9.17) is 4.74 Å². The van der Waals surface area contributed by atoms with E-state index in [2.05, 4.69) is 24.5 Å². The summed E-state index contributed by atoms with van der Waals surface area (Å²) in [5, 5.41) is 6.26. The number of hydrogen-bond donors (Lipinski definition) is 2. The molecule has 4 rings (SSSR count). The van der Waals surface area contributed by atoms with Gasteiger partial charge in [0.25, 0.3) is 0 Å². The largest absolute Gasteiger partial charge is 0.445 e. The van der Waals surface area contributed by atoms with Crippen molar-refractivity contribution in [1.82, 2.24) is 10.6 Å². The van der Waals surface area contributed by atoms with E-state index < -0.39 is 0 Å². The van der Waals surface area contributed by atoms with Crippen LogP contribution >= 0.6 is 0 Å². The fraction of sp³-hybridized carbons (Fsp3) is 0.619. The molecule has 26 heavy (non-hydrogen) atoms. The Morgan fingerprint density at radius 2 is 1.69 bits per heavy atom. The summed E-state index contributed by atoms with van der Waals surface area (Å²) in [5.41, 5.74) is 0.542. The zero-order chi connectivity index (χ0) is 18.6. The second kappa shape index (κ2) is 7.68. The van der Waals surface area contributed by atoms with E-state index in [0.29, 0.717) is 0 Å². The number of fused-ring (bicyclic) bond motifs is 3. The zero-order valence-electron chi connectivity index (χ0n) is 15.8. The zero-order valence-corrected chi connectivity index (χ0v) is 15.8. The third-order valence-electron chi connectivity index (χ3n) is 6.30. The van der Waals surface area contributed by atoms with E-state index in [0.717, 1.165) is 50.5 Å². The molecular weight excluding hydrogens is 328 g/mol. The molecule has 5 nitrogen and oxygen atoms in total. The minimum atomic E-state index is -0.354. The Morgan fingerprint density at radius 3 is 2.27 bits per heavy atom. The summed E-state index contributed by atoms with van der Waals surface area (Å²) in [6.45, 7) is 4.42. The van der Waals surface area contributed by atoms with Crippen LogP contribution in [0.1, 0.15) is 64.4 Å². The first-order chi connectivity index (χ1) is 12.5. The van der Waals surface area contributed by atoms with Gasteiger partial charge in [0.15, 0.2) is 0 Å². The molecule has 1 unspecified atom stereocenters. The molecule has 0 aromatic heterocycles. The van der Waals surface area contributed by atoms with Crippen molar-refractivity contribution in [2.24, 2.45) is 5.41 Å². The lowest BCUT2D eigenvalue weighted by atomic mass is 9.57. The summed E-state index contributed by atoms with van der Waals surface area (Å²) in [5.74, 6) is 0.201. The van der Waals surface area contributed by atoms with Gasteiger partial charge in [-0.25, -0.2) is 4.79 Å². The minimum Gasteiger partial charge on any atom is -0.445 e. The third kappa shape index (κ3) is 4.02. The highest BCUT2D eigenvalue weighted by Crippen LogP contribution is 2.52. The van der Waals surface area contributed by atoms with Gasteiger partial charge in [-0.3, -0.25) is 4.79 Å². The lowest BCUT2D eigenvalue weighted by Crippen LogP contribution is -2.60. The van der Waals surface area contributed by atoms with Crippen molar-refractivity contribution in [3.8, 4) is 0 Å². The third-order valence-corrected chi connectivity index (χ3v) is 6.30. The predicted octanol–water partition coefficient (Wildman–Crippen LogP) is 3.92. The van der Waals surface area contributed by atoms with Crippen molar-refractivity contribution in [3.63, 3.8) is 0 Å². The van der Waals surface area contributed by atoms with Gasteiger partial charge in [-0.2, -0.15) is 0 Å². The molecule has 2 N–H and O–H groups in total. The van der Waals surface area contributed by atoms with Crippen LogP contribution in [0.3, 0.4) is 0 Å². The highest BCUT2D eigenvalue weighted by Gasteiger charge is 2.53. The summed E-state index contributed by atoms with van der Waals surface area (Å²) in [6, 6.07) is 9.91. The van der Waals surface area contributed by atoms with Crippen molar-refractivity contribution in [2.45, 2.75) is 77.0 Å². The van der Waals surface area contributed by atoms with Crippen LogP contribution in [0.15, 0.2) is 30.3 Å². The minimum absolute atomic E-state index is 0.201. The lowest BCUT2D eigenvalue weighted by molar-refractivity contribution is -0.138. The number of nitrogens with one attached hydrogen (secondary N) is 2. The van der Waals surface area contributed by atoms with E-state index in [1.807, 2.05) is 30.3 Å². The maximum atomic E-state index is 12.7. The average molecular weight is 358 g/mol. The Balaban J connectivity index is 1.51. The molecule has 3 aliphatic rings. The number of hydrogen-bond acceptors (Lipinski definition) is 3. The number of ether oxygens (including phenoxy) is 1. The van der Waals surface area contributed by atoms with E-state index >= 15 is 0 Å². The van der Waals surface area contributed by atoms with Gasteiger partial charge in [-0.1, -0.05) is 37.3 Å². The van der Waals surface area contributed by atoms with Crippen LogP contribution in [-0.4, -0.2) is 23.6 Å². The number of carbonyl (C=O) groups is 2. The topological polar surface area (TPSA) is 67.4 Å². The van der Waals surface area contributed by atoms with E-state index in [1.165, 1.54) is 0 Å². The highest BCUT2D eigenvalue weighted by molar-refractivity contribution is 5.83. The Bertz CT molecular complexity index is 619. The van der Waals surface area contributed by atoms with Gasteiger partial charge >= 0.3 is 6.09 Å². The number of alkyl carbamates (subject to hydrolysis) is 1. The van der Waals surface area contributed by atoms with Crippen LogP contribution in [0, 0.1) is 5.41 Å². The first kappa shape index (κ1) is 18.7. The number of rotatable bonds is 6. The molecule has 0 spiro atoms. The van der Waals surface area contributed by atoms with Crippen LogP contribution < -0.4 is 10.6 Å². The van der Waals surface area contributed by atoms with Crippen LogP contribution in [0.4, 0.5) is 4.79 Å². The lowest BCUT2D eigenvalue weighted by Gasteiger charge is -2.52. The summed E-state index contributed by atoms with van der Waals surface area (Å²) >= 11 is 0. The quantitative estimate of drug-likeness (QED) is 0.810.